The average Bonchev–Trinajstić information content (AvgIpc) is 3.01. The first kappa shape index (κ1) is 21.2. The molecule has 0 unspecified atom stereocenters. The van der Waals surface area contributed by atoms with Gasteiger partial charge in [-0.25, -0.2) is 13.4 Å². The molecule has 0 aliphatic carbocycles. The van der Waals surface area contributed by atoms with Gasteiger partial charge in [-0.1, -0.05) is 48.0 Å². The van der Waals surface area contributed by atoms with E-state index in [1.165, 1.54) is 23.2 Å². The van der Waals surface area contributed by atoms with Gasteiger partial charge in [-0.15, -0.1) is 11.3 Å². The van der Waals surface area contributed by atoms with Gasteiger partial charge in [-0.3, -0.25) is 4.79 Å². The third-order valence-corrected chi connectivity index (χ3v) is 6.57. The number of aromatic nitrogens is 1. The zero-order valence-electron chi connectivity index (χ0n) is 16.9. The fourth-order valence-corrected chi connectivity index (χ4v) is 4.97. The number of amides is 1. The van der Waals surface area contributed by atoms with E-state index in [1.54, 1.807) is 12.1 Å². The van der Waals surface area contributed by atoms with Crippen LogP contribution in [0, 0.1) is 20.8 Å². The highest BCUT2D eigenvalue weighted by atomic mass is 32.2. The molecule has 0 atom stereocenters. The summed E-state index contributed by atoms with van der Waals surface area (Å²) in [5.41, 5.74) is 5.74. The predicted octanol–water partition coefficient (Wildman–Crippen LogP) is 4.21. The van der Waals surface area contributed by atoms with Crippen molar-refractivity contribution in [3.8, 4) is 10.6 Å². The Morgan fingerprint density at radius 2 is 1.69 bits per heavy atom. The summed E-state index contributed by atoms with van der Waals surface area (Å²) < 4.78 is 22.7. The maximum Gasteiger partial charge on any atom is 0.263 e. The van der Waals surface area contributed by atoms with E-state index in [-0.39, 0.29) is 11.7 Å². The molecular weight excluding hydrogens is 404 g/mol. The van der Waals surface area contributed by atoms with Crippen molar-refractivity contribution >= 4 is 27.1 Å². The number of hydrogen-bond acceptors (Lipinski definition) is 5. The second-order valence-electron chi connectivity index (χ2n) is 7.32. The van der Waals surface area contributed by atoms with Gasteiger partial charge in [0.25, 0.3) is 5.91 Å². The van der Waals surface area contributed by atoms with Crippen molar-refractivity contribution in [2.45, 2.75) is 33.1 Å². The average molecular weight is 429 g/mol. The second kappa shape index (κ2) is 8.47. The van der Waals surface area contributed by atoms with Crippen molar-refractivity contribution in [2.75, 3.05) is 6.26 Å². The Morgan fingerprint density at radius 3 is 2.31 bits per heavy atom. The largest absolute Gasteiger partial charge is 0.347 e. The molecule has 0 aliphatic heterocycles. The standard InChI is InChI=1S/C22H24N2O3S2/c1-14-5-10-19(15(2)11-14)22-24-16(3)20(28-22)21(25)23-12-17-6-8-18(9-7-17)13-29(4,26)27/h5-11H,12-13H2,1-4H3,(H,23,25). The van der Waals surface area contributed by atoms with E-state index in [0.29, 0.717) is 17.1 Å². The monoisotopic (exact) mass is 428 g/mol. The highest BCUT2D eigenvalue weighted by molar-refractivity contribution is 7.89. The normalized spacial score (nSPS) is 11.4. The summed E-state index contributed by atoms with van der Waals surface area (Å²) in [6.45, 7) is 6.31. The Balaban J connectivity index is 1.69. The minimum absolute atomic E-state index is 0.0148. The molecule has 7 heteroatoms. The first-order chi connectivity index (χ1) is 13.6. The SMILES string of the molecule is Cc1ccc(-c2nc(C)c(C(=O)NCc3ccc(CS(C)(=O)=O)cc3)s2)c(C)c1. The van der Waals surface area contributed by atoms with Gasteiger partial charge in [0.1, 0.15) is 9.88 Å². The lowest BCUT2D eigenvalue weighted by Crippen LogP contribution is -2.22. The van der Waals surface area contributed by atoms with E-state index >= 15 is 0 Å². The van der Waals surface area contributed by atoms with Crippen LogP contribution in [0.15, 0.2) is 42.5 Å². The number of thiazole rings is 1. The topological polar surface area (TPSA) is 76.1 Å². The summed E-state index contributed by atoms with van der Waals surface area (Å²) in [4.78, 5) is 17.9. The predicted molar refractivity (Wildman–Crippen MR) is 118 cm³/mol. The van der Waals surface area contributed by atoms with Crippen LogP contribution in [-0.2, 0) is 22.1 Å². The third-order valence-electron chi connectivity index (χ3n) is 4.52. The van der Waals surface area contributed by atoms with Crippen molar-refractivity contribution < 1.29 is 13.2 Å². The molecule has 3 aromatic rings. The smallest absolute Gasteiger partial charge is 0.263 e. The van der Waals surface area contributed by atoms with Gasteiger partial charge in [-0.05, 0) is 37.5 Å². The van der Waals surface area contributed by atoms with E-state index in [9.17, 15) is 13.2 Å². The maximum atomic E-state index is 12.7. The van der Waals surface area contributed by atoms with Crippen LogP contribution in [0.3, 0.4) is 0 Å². The van der Waals surface area contributed by atoms with Crippen LogP contribution in [0.5, 0.6) is 0 Å². The molecule has 29 heavy (non-hydrogen) atoms. The van der Waals surface area contributed by atoms with Crippen LogP contribution in [0.25, 0.3) is 10.6 Å². The summed E-state index contributed by atoms with van der Waals surface area (Å²) in [6, 6.07) is 13.4. The third kappa shape index (κ3) is 5.52. The van der Waals surface area contributed by atoms with Crippen LogP contribution < -0.4 is 5.32 Å². The molecule has 0 saturated carbocycles. The molecule has 2 aromatic carbocycles. The Kier molecular flexibility index (Phi) is 6.19. The molecule has 5 nitrogen and oxygen atoms in total. The first-order valence-electron chi connectivity index (χ1n) is 9.21. The van der Waals surface area contributed by atoms with Crippen molar-refractivity contribution in [1.29, 1.82) is 0 Å². The van der Waals surface area contributed by atoms with E-state index in [1.807, 2.05) is 38.1 Å². The van der Waals surface area contributed by atoms with E-state index in [2.05, 4.69) is 23.3 Å². The number of rotatable bonds is 6. The van der Waals surface area contributed by atoms with Crippen LogP contribution in [0.1, 0.15) is 37.6 Å². The number of benzene rings is 2. The molecule has 0 aliphatic rings. The number of nitrogens with zero attached hydrogens (tertiary/aromatic N) is 1. The number of carbonyl (C=O) groups is 1. The molecule has 3 rings (SSSR count). The molecule has 1 aromatic heterocycles. The second-order valence-corrected chi connectivity index (χ2v) is 10.5. The fourth-order valence-electron chi connectivity index (χ4n) is 3.09. The number of aryl methyl sites for hydroxylation is 3. The van der Waals surface area contributed by atoms with Gasteiger partial charge in [-0.2, -0.15) is 0 Å². The minimum atomic E-state index is -3.06. The number of sulfone groups is 1. The molecule has 152 valence electrons. The molecule has 1 heterocycles. The first-order valence-corrected chi connectivity index (χ1v) is 12.1. The zero-order valence-corrected chi connectivity index (χ0v) is 18.6. The lowest BCUT2D eigenvalue weighted by Gasteiger charge is -2.06. The highest BCUT2D eigenvalue weighted by Crippen LogP contribution is 2.30. The lowest BCUT2D eigenvalue weighted by molar-refractivity contribution is 0.0954. The summed E-state index contributed by atoms with van der Waals surface area (Å²) in [7, 11) is -3.06. The van der Waals surface area contributed by atoms with Gasteiger partial charge in [0.15, 0.2) is 9.84 Å². The molecule has 1 amide bonds. The quantitative estimate of drug-likeness (QED) is 0.638. The number of hydrogen-bond donors (Lipinski definition) is 1. The van der Waals surface area contributed by atoms with Crippen LogP contribution >= 0.6 is 11.3 Å². The van der Waals surface area contributed by atoms with Crippen molar-refractivity contribution in [3.05, 3.63) is 75.3 Å². The van der Waals surface area contributed by atoms with Gasteiger partial charge < -0.3 is 5.32 Å². The van der Waals surface area contributed by atoms with Crippen molar-refractivity contribution in [1.82, 2.24) is 10.3 Å². The Labute approximate surface area is 175 Å². The van der Waals surface area contributed by atoms with Gasteiger partial charge in [0.2, 0.25) is 0 Å². The summed E-state index contributed by atoms with van der Waals surface area (Å²) in [5, 5.41) is 3.77. The van der Waals surface area contributed by atoms with E-state index in [4.69, 9.17) is 0 Å². The molecule has 0 saturated heterocycles. The van der Waals surface area contributed by atoms with Gasteiger partial charge in [0.05, 0.1) is 11.4 Å². The maximum absolute atomic E-state index is 12.7. The molecule has 0 radical (unpaired) electrons. The van der Waals surface area contributed by atoms with Crippen LogP contribution in [0.4, 0.5) is 0 Å². The number of carbonyl (C=O) groups excluding carboxylic acids is 1. The Bertz CT molecular complexity index is 1150. The molecule has 0 fully saturated rings. The van der Waals surface area contributed by atoms with Crippen LogP contribution in [0.2, 0.25) is 0 Å². The van der Waals surface area contributed by atoms with Crippen molar-refractivity contribution in [2.24, 2.45) is 0 Å². The molecule has 0 bridgehead atoms. The summed E-state index contributed by atoms with van der Waals surface area (Å²) in [5.74, 6) is -0.141. The molecule has 0 spiro atoms. The van der Waals surface area contributed by atoms with Gasteiger partial charge >= 0.3 is 0 Å². The van der Waals surface area contributed by atoms with Crippen LogP contribution in [-0.4, -0.2) is 25.6 Å². The highest BCUT2D eigenvalue weighted by Gasteiger charge is 2.17. The minimum Gasteiger partial charge on any atom is -0.347 e. The van der Waals surface area contributed by atoms with E-state index < -0.39 is 9.84 Å². The van der Waals surface area contributed by atoms with Crippen molar-refractivity contribution in [3.63, 3.8) is 0 Å². The Morgan fingerprint density at radius 1 is 1.03 bits per heavy atom. The summed E-state index contributed by atoms with van der Waals surface area (Å²) >= 11 is 1.39. The molecular formula is C22H24N2O3S2. The zero-order chi connectivity index (χ0) is 21.2. The number of nitrogens with one attached hydrogen (secondary N) is 1. The lowest BCUT2D eigenvalue weighted by atomic mass is 10.1. The molecule has 1 N–H and O–H groups in total. The van der Waals surface area contributed by atoms with E-state index in [0.717, 1.165) is 27.3 Å². The fraction of sp³-hybridized carbons (Fsp3) is 0.273. The van der Waals surface area contributed by atoms with Gasteiger partial charge in [0, 0.05) is 18.4 Å². The Hall–Kier alpha value is -2.51. The summed E-state index contributed by atoms with van der Waals surface area (Å²) in [6.07, 6.45) is 1.21.